The Morgan fingerprint density at radius 2 is 1.71 bits per heavy atom. The molecule has 4 aromatic rings. The van der Waals surface area contributed by atoms with Gasteiger partial charge in [0.1, 0.15) is 17.2 Å². The molecule has 0 radical (unpaired) electrons. The predicted octanol–water partition coefficient (Wildman–Crippen LogP) is 4.13. The molecule has 0 bridgehead atoms. The molecule has 162 valence electrons. The number of phenols is 1. The number of methoxy groups -OCH3 is 2. The van der Waals surface area contributed by atoms with E-state index in [1.54, 1.807) is 32.5 Å². The highest BCUT2D eigenvalue weighted by molar-refractivity contribution is 6.12. The Kier molecular flexibility index (Phi) is 5.86. The number of aromatic hydroxyl groups is 1. The average molecular weight is 435 g/mol. The molecule has 0 spiro atoms. The Morgan fingerprint density at radius 1 is 1.06 bits per heavy atom. The summed E-state index contributed by atoms with van der Waals surface area (Å²) in [6.45, 7) is 0. The lowest BCUT2D eigenvalue weighted by Gasteiger charge is -2.13. The Morgan fingerprint density at radius 3 is 2.26 bits per heavy atom. The third-order valence-corrected chi connectivity index (χ3v) is 4.28. The van der Waals surface area contributed by atoms with Crippen LogP contribution in [0.1, 0.15) is 0 Å². The van der Waals surface area contributed by atoms with E-state index in [0.29, 0.717) is 17.1 Å². The number of nitrogens with one attached hydrogen (secondary N) is 1. The van der Waals surface area contributed by atoms with Gasteiger partial charge in [0, 0.05) is 22.4 Å². The van der Waals surface area contributed by atoms with Gasteiger partial charge in [0.25, 0.3) is 0 Å². The molecular weight excluding hydrogens is 419 g/mol. The number of rotatable bonds is 3. The van der Waals surface area contributed by atoms with Crippen LogP contribution in [0.4, 0.5) is 13.2 Å². The van der Waals surface area contributed by atoms with E-state index in [1.165, 1.54) is 0 Å². The first-order valence-corrected chi connectivity index (χ1v) is 8.64. The Hall–Kier alpha value is -4.02. The highest BCUT2D eigenvalue weighted by Crippen LogP contribution is 2.40. The lowest BCUT2D eigenvalue weighted by Crippen LogP contribution is -2.21. The number of carboxylic acid groups (broad SMARTS) is 1. The number of hydrogen-bond donors (Lipinski definition) is 3. The van der Waals surface area contributed by atoms with Gasteiger partial charge in [-0.3, -0.25) is 5.10 Å². The lowest BCUT2D eigenvalue weighted by molar-refractivity contribution is -0.192. The molecule has 8 nitrogen and oxygen atoms in total. The van der Waals surface area contributed by atoms with Gasteiger partial charge in [-0.25, -0.2) is 9.78 Å². The smallest absolute Gasteiger partial charge is 0.490 e. The van der Waals surface area contributed by atoms with Crippen molar-refractivity contribution in [2.24, 2.45) is 0 Å². The van der Waals surface area contributed by atoms with Gasteiger partial charge in [-0.2, -0.15) is 18.3 Å². The number of fused-ring (bicyclic) bond motifs is 3. The minimum absolute atomic E-state index is 0.208. The molecular formula is C20H16F3N3O5. The normalized spacial score (nSPS) is 11.1. The second-order valence-corrected chi connectivity index (χ2v) is 6.19. The third-order valence-electron chi connectivity index (χ3n) is 4.28. The third kappa shape index (κ3) is 4.44. The maximum absolute atomic E-state index is 10.6. The largest absolute Gasteiger partial charge is 0.508 e. The zero-order chi connectivity index (χ0) is 22.8. The minimum Gasteiger partial charge on any atom is -0.508 e. The quantitative estimate of drug-likeness (QED) is 0.443. The van der Waals surface area contributed by atoms with E-state index < -0.39 is 12.1 Å². The molecule has 4 rings (SSSR count). The summed E-state index contributed by atoms with van der Waals surface area (Å²) in [7, 11) is 3.24. The monoisotopic (exact) mass is 435 g/mol. The van der Waals surface area contributed by atoms with E-state index in [2.05, 4.69) is 10.2 Å². The highest BCUT2D eigenvalue weighted by Gasteiger charge is 2.38. The first kappa shape index (κ1) is 21.7. The van der Waals surface area contributed by atoms with E-state index in [1.807, 2.05) is 24.3 Å². The van der Waals surface area contributed by atoms with Crippen LogP contribution in [-0.2, 0) is 4.79 Å². The van der Waals surface area contributed by atoms with Crippen molar-refractivity contribution >= 4 is 27.8 Å². The van der Waals surface area contributed by atoms with E-state index in [9.17, 15) is 18.3 Å². The molecule has 11 heteroatoms. The number of nitrogens with zero attached hydrogens (tertiary/aromatic N) is 2. The zero-order valence-electron chi connectivity index (χ0n) is 16.2. The lowest BCUT2D eigenvalue weighted by atomic mass is 10.0. The first-order chi connectivity index (χ1) is 14.7. The van der Waals surface area contributed by atoms with Gasteiger partial charge in [-0.1, -0.05) is 0 Å². The summed E-state index contributed by atoms with van der Waals surface area (Å²) >= 11 is 0. The van der Waals surface area contributed by atoms with Crippen LogP contribution < -0.4 is 9.47 Å². The first-order valence-electron chi connectivity index (χ1n) is 8.64. The number of ether oxygens (including phenoxy) is 2. The van der Waals surface area contributed by atoms with Crippen molar-refractivity contribution in [2.75, 3.05) is 14.2 Å². The van der Waals surface area contributed by atoms with Crippen molar-refractivity contribution < 1.29 is 37.7 Å². The molecule has 0 aliphatic rings. The van der Waals surface area contributed by atoms with Crippen molar-refractivity contribution in [1.29, 1.82) is 0 Å². The second-order valence-electron chi connectivity index (χ2n) is 6.19. The number of carboxylic acids is 1. The van der Waals surface area contributed by atoms with Crippen LogP contribution in [0, 0.1) is 0 Å². The van der Waals surface area contributed by atoms with Crippen LogP contribution in [-0.4, -0.2) is 51.8 Å². The van der Waals surface area contributed by atoms with Gasteiger partial charge in [-0.15, -0.1) is 0 Å². The van der Waals surface area contributed by atoms with Crippen LogP contribution in [0.15, 0.2) is 42.6 Å². The van der Waals surface area contributed by atoms with Gasteiger partial charge in [0.15, 0.2) is 5.65 Å². The molecule has 2 aromatic carbocycles. The molecule has 0 aliphatic heterocycles. The molecule has 0 aliphatic carbocycles. The molecule has 0 saturated heterocycles. The number of benzene rings is 2. The van der Waals surface area contributed by atoms with Crippen molar-refractivity contribution in [3.63, 3.8) is 0 Å². The fourth-order valence-electron chi connectivity index (χ4n) is 2.88. The van der Waals surface area contributed by atoms with Crippen molar-refractivity contribution in [3.8, 4) is 28.5 Å². The Balaban J connectivity index is 0.000000339. The molecule has 3 N–H and O–H groups in total. The standard InChI is InChI=1S/C18H15N3O3.C2HF3O2/c1-23-12-7-13-14-9-19-21-18(14)20-17(16(13)15(8-12)24-2)10-3-5-11(22)6-4-10;3-2(4,5)1(6)7/h3-9,22H,1-2H3,(H,19,20,21);(H,6,7). The SMILES string of the molecule is COc1cc(OC)c2c(-c3ccc(O)cc3)nc3[nH]ncc3c2c1.O=C(O)C(F)(F)F. The van der Waals surface area contributed by atoms with E-state index in [0.717, 1.165) is 27.4 Å². The molecule has 2 heterocycles. The number of aromatic amines is 1. The number of hydrogen-bond acceptors (Lipinski definition) is 6. The Bertz CT molecular complexity index is 1240. The van der Waals surface area contributed by atoms with Gasteiger partial charge >= 0.3 is 12.1 Å². The predicted molar refractivity (Wildman–Crippen MR) is 105 cm³/mol. The summed E-state index contributed by atoms with van der Waals surface area (Å²) in [5.41, 5.74) is 2.31. The second kappa shape index (κ2) is 8.38. The summed E-state index contributed by atoms with van der Waals surface area (Å²) < 4.78 is 42.7. The van der Waals surface area contributed by atoms with Gasteiger partial charge in [0.05, 0.1) is 31.5 Å². The van der Waals surface area contributed by atoms with Crippen LogP contribution in [0.5, 0.6) is 17.2 Å². The van der Waals surface area contributed by atoms with Gasteiger partial charge in [-0.05, 0) is 30.3 Å². The molecule has 2 aromatic heterocycles. The summed E-state index contributed by atoms with van der Waals surface area (Å²) in [5.74, 6) is -1.18. The van der Waals surface area contributed by atoms with Crippen LogP contribution >= 0.6 is 0 Å². The topological polar surface area (TPSA) is 118 Å². The molecule has 0 atom stereocenters. The summed E-state index contributed by atoms with van der Waals surface area (Å²) in [6, 6.07) is 10.7. The van der Waals surface area contributed by atoms with Crippen LogP contribution in [0.2, 0.25) is 0 Å². The van der Waals surface area contributed by atoms with Crippen molar-refractivity contribution in [3.05, 3.63) is 42.6 Å². The number of aromatic nitrogens is 3. The number of halogens is 3. The minimum atomic E-state index is -5.08. The summed E-state index contributed by atoms with van der Waals surface area (Å²) in [5, 5.41) is 26.4. The number of phenolic OH excluding ortho intramolecular Hbond substituents is 1. The number of H-pyrrole nitrogens is 1. The number of aliphatic carboxylic acids is 1. The van der Waals surface area contributed by atoms with E-state index in [-0.39, 0.29) is 5.75 Å². The van der Waals surface area contributed by atoms with Crippen molar-refractivity contribution in [2.45, 2.75) is 6.18 Å². The number of pyridine rings is 1. The van der Waals surface area contributed by atoms with Gasteiger partial charge in [0.2, 0.25) is 0 Å². The average Bonchev–Trinajstić information content (AvgIpc) is 3.21. The summed E-state index contributed by atoms with van der Waals surface area (Å²) in [6.07, 6.45) is -3.34. The molecule has 0 unspecified atom stereocenters. The van der Waals surface area contributed by atoms with Crippen molar-refractivity contribution in [1.82, 2.24) is 15.2 Å². The summed E-state index contributed by atoms with van der Waals surface area (Å²) in [4.78, 5) is 13.6. The highest BCUT2D eigenvalue weighted by atomic mass is 19.4. The van der Waals surface area contributed by atoms with E-state index in [4.69, 9.17) is 24.4 Å². The number of carbonyl (C=O) groups is 1. The molecule has 31 heavy (non-hydrogen) atoms. The molecule has 0 saturated carbocycles. The van der Waals surface area contributed by atoms with Gasteiger partial charge < -0.3 is 19.7 Å². The van der Waals surface area contributed by atoms with Crippen LogP contribution in [0.25, 0.3) is 33.1 Å². The molecule has 0 fully saturated rings. The fourth-order valence-corrected chi connectivity index (χ4v) is 2.88. The molecule has 0 amide bonds. The van der Waals surface area contributed by atoms with E-state index >= 15 is 0 Å². The fraction of sp³-hybridized carbons (Fsp3) is 0.150. The van der Waals surface area contributed by atoms with Crippen LogP contribution in [0.3, 0.4) is 0 Å². The maximum Gasteiger partial charge on any atom is 0.490 e. The zero-order valence-corrected chi connectivity index (χ0v) is 16.2. The maximum atomic E-state index is 10.6. The number of alkyl halides is 3. The Labute approximate surface area is 172 Å².